The number of aromatic hydroxyl groups is 1. The van der Waals surface area contributed by atoms with Crippen LogP contribution in [0.25, 0.3) is 38.7 Å². The Morgan fingerprint density at radius 2 is 1.69 bits per heavy atom. The first-order valence-corrected chi connectivity index (χ1v) is 22.7. The van der Waals surface area contributed by atoms with Crippen LogP contribution in [-0.2, 0) is 28.5 Å². The number of morpholine rings is 1. The summed E-state index contributed by atoms with van der Waals surface area (Å²) in [6.45, 7) is 19.0. The number of carbonyl (C=O) groups excluding carboxylic acids is 2. The molecule has 0 aliphatic carbocycles. The van der Waals surface area contributed by atoms with Gasteiger partial charge in [-0.15, -0.1) is 0 Å². The fraction of sp³-hybridized carbons (Fsp3) is 0.500. The Labute approximate surface area is 387 Å². The number of hydrogen-bond donors (Lipinski definition) is 4. The highest BCUT2D eigenvalue weighted by Crippen LogP contribution is 2.42. The van der Waals surface area contributed by atoms with Crippen LogP contribution in [0.1, 0.15) is 61.0 Å². The number of benzene rings is 3. The normalized spacial score (nSPS) is 29.6. The first kappa shape index (κ1) is 48.9. The number of aromatic nitrogens is 1. The summed E-state index contributed by atoms with van der Waals surface area (Å²) in [6.07, 6.45) is 5.63. The van der Waals surface area contributed by atoms with Crippen LogP contribution in [0.2, 0.25) is 0 Å². The fourth-order valence-corrected chi connectivity index (χ4v) is 9.28. The summed E-state index contributed by atoms with van der Waals surface area (Å²) in [6, 6.07) is 2.74. The Hall–Kier alpha value is -6.01. The van der Waals surface area contributed by atoms with Crippen molar-refractivity contribution in [3.05, 3.63) is 79.5 Å². The molecule has 3 aliphatic rings. The zero-order valence-corrected chi connectivity index (χ0v) is 39.6. The molecule has 4 bridgehead atoms. The number of methoxy groups -OCH3 is 1. The predicted octanol–water partition coefficient (Wildman–Crippen LogP) is 5.55. The predicted molar refractivity (Wildman–Crippen MR) is 251 cm³/mol. The van der Waals surface area contributed by atoms with E-state index in [-0.39, 0.29) is 96.8 Å². The second-order valence-corrected chi connectivity index (χ2v) is 18.2. The summed E-state index contributed by atoms with van der Waals surface area (Å²) in [5, 5.41) is 37.7. The number of anilines is 1. The molecule has 1 amide bonds. The number of aliphatic hydroxyl groups excluding tert-OH is 2. The van der Waals surface area contributed by atoms with Crippen LogP contribution < -0.4 is 30.9 Å². The topological polar surface area (TPSA) is 226 Å². The third-order valence-electron chi connectivity index (χ3n) is 13.8. The number of ether oxygens (including phenoxy) is 6. The Morgan fingerprint density at radius 1 is 0.970 bits per heavy atom. The molecular weight excluding hydrogens is 867 g/mol. The molecule has 17 heteroatoms. The number of phenolic OH excluding ortho intramolecular Hbond substituents is 1. The van der Waals surface area contributed by atoms with Crippen LogP contribution in [0.4, 0.5) is 5.69 Å². The minimum absolute atomic E-state index is 0.0415. The first-order chi connectivity index (χ1) is 31.8. The number of nitrogens with zero attached hydrogens (tertiary/aromatic N) is 2. The molecule has 3 aromatic carbocycles. The molecule has 4 aromatic rings. The van der Waals surface area contributed by atoms with Gasteiger partial charge in [0.05, 0.1) is 42.3 Å². The lowest BCUT2D eigenvalue weighted by Gasteiger charge is -2.39. The number of hydrogen-bond acceptors (Lipinski definition) is 16. The van der Waals surface area contributed by atoms with Gasteiger partial charge in [-0.3, -0.25) is 24.1 Å². The number of esters is 1. The molecule has 17 nitrogen and oxygen atoms in total. The molecule has 3 aliphatic heterocycles. The van der Waals surface area contributed by atoms with E-state index in [9.17, 15) is 34.5 Å². The van der Waals surface area contributed by atoms with E-state index >= 15 is 0 Å². The number of fused-ring (bicyclic) bond motifs is 2. The van der Waals surface area contributed by atoms with Gasteiger partial charge in [0.15, 0.2) is 22.4 Å². The maximum absolute atomic E-state index is 14.8. The van der Waals surface area contributed by atoms with E-state index in [0.29, 0.717) is 19.8 Å². The SMILES string of the molecule is CO[C@H]1/C=C/O[C@@]2(C)Oc3c(C)c(O)c4c(=O)c(c5oc6cc(OCCN7CCOCC7)cc(=O)c6nc5c4c3=C2O)NC(=O)/C(C)=C\C=C\[C@H](C)[C@H](O)[C@@H](C)[C@@H](C)[C@@H](C)[C@H](OC(C)=O)[C@@H]1C. The van der Waals surface area contributed by atoms with Gasteiger partial charge in [-0.05, 0) is 37.7 Å². The maximum atomic E-state index is 14.8. The number of allylic oxidation sites excluding steroid dienone is 2. The molecule has 9 atom stereocenters. The molecule has 0 saturated carbocycles. The zero-order chi connectivity index (χ0) is 48.6. The van der Waals surface area contributed by atoms with Crippen molar-refractivity contribution in [1.29, 1.82) is 0 Å². The third-order valence-corrected chi connectivity index (χ3v) is 13.8. The number of amides is 1. The minimum atomic E-state index is -1.96. The van der Waals surface area contributed by atoms with Gasteiger partial charge in [-0.1, -0.05) is 52.8 Å². The smallest absolute Gasteiger partial charge is 0.307 e. The number of carbonyl (C=O) groups is 2. The molecule has 0 radical (unpaired) electrons. The molecule has 360 valence electrons. The molecule has 1 aromatic heterocycles. The molecule has 4 heterocycles. The first-order valence-electron chi connectivity index (χ1n) is 22.7. The average molecular weight is 928 g/mol. The van der Waals surface area contributed by atoms with Gasteiger partial charge in [-0.25, -0.2) is 4.98 Å². The summed E-state index contributed by atoms with van der Waals surface area (Å²) < 4.78 is 42.1. The molecule has 67 heavy (non-hydrogen) atoms. The minimum Gasteiger partial charge on any atom is -0.507 e. The van der Waals surface area contributed by atoms with Crippen LogP contribution in [0.15, 0.2) is 62.3 Å². The van der Waals surface area contributed by atoms with Gasteiger partial charge in [0.25, 0.3) is 5.91 Å². The van der Waals surface area contributed by atoms with Gasteiger partial charge >= 0.3 is 11.8 Å². The van der Waals surface area contributed by atoms with Crippen molar-refractivity contribution in [2.75, 3.05) is 51.9 Å². The van der Waals surface area contributed by atoms with Crippen molar-refractivity contribution >= 4 is 56.3 Å². The van der Waals surface area contributed by atoms with E-state index in [4.69, 9.17) is 37.8 Å². The lowest BCUT2D eigenvalue weighted by Crippen LogP contribution is -2.43. The van der Waals surface area contributed by atoms with Gasteiger partial charge < -0.3 is 53.5 Å². The van der Waals surface area contributed by atoms with Gasteiger partial charge in [0.2, 0.25) is 10.9 Å². The highest BCUT2D eigenvalue weighted by Gasteiger charge is 2.44. The number of nitrogens with one attached hydrogen (secondary N) is 1. The summed E-state index contributed by atoms with van der Waals surface area (Å²) >= 11 is 0. The second kappa shape index (κ2) is 19.7. The quantitative estimate of drug-likeness (QED) is 0.106. The van der Waals surface area contributed by atoms with E-state index in [1.807, 2.05) is 34.6 Å². The average Bonchev–Trinajstić information content (AvgIpc) is 3.56. The van der Waals surface area contributed by atoms with Gasteiger partial charge in [0, 0.05) is 81.1 Å². The molecular formula is C50H61N3O14. The van der Waals surface area contributed by atoms with Crippen molar-refractivity contribution in [3.63, 3.8) is 0 Å². The van der Waals surface area contributed by atoms with Crippen molar-refractivity contribution < 1.29 is 57.7 Å². The Morgan fingerprint density at radius 3 is 2.37 bits per heavy atom. The van der Waals surface area contributed by atoms with Crippen LogP contribution in [-0.4, -0.2) is 108 Å². The van der Waals surface area contributed by atoms with E-state index in [1.165, 1.54) is 59.3 Å². The van der Waals surface area contributed by atoms with Crippen molar-refractivity contribution in [3.8, 4) is 17.2 Å². The van der Waals surface area contributed by atoms with Crippen molar-refractivity contribution in [2.24, 2.45) is 29.6 Å². The number of aliphatic hydroxyl groups is 2. The molecule has 7 rings (SSSR count). The van der Waals surface area contributed by atoms with Crippen molar-refractivity contribution in [1.82, 2.24) is 9.88 Å². The van der Waals surface area contributed by atoms with Gasteiger partial charge in [-0.2, -0.15) is 0 Å². The molecule has 0 unspecified atom stereocenters. The van der Waals surface area contributed by atoms with Crippen LogP contribution in [0.3, 0.4) is 0 Å². The van der Waals surface area contributed by atoms with E-state index < -0.39 is 64.3 Å². The largest absolute Gasteiger partial charge is 0.507 e. The molecule has 1 fully saturated rings. The zero-order valence-electron chi connectivity index (χ0n) is 39.6. The fourth-order valence-electron chi connectivity index (χ4n) is 9.28. The summed E-state index contributed by atoms with van der Waals surface area (Å²) in [7, 11) is 1.50. The monoisotopic (exact) mass is 927 g/mol. The summed E-state index contributed by atoms with van der Waals surface area (Å²) in [4.78, 5) is 62.1. The van der Waals surface area contributed by atoms with Gasteiger partial charge in [0.1, 0.15) is 41.2 Å². The highest BCUT2D eigenvalue weighted by atomic mass is 16.7. The lowest BCUT2D eigenvalue weighted by atomic mass is 9.73. The third kappa shape index (κ3) is 9.47. The molecule has 4 N–H and O–H groups in total. The van der Waals surface area contributed by atoms with Crippen molar-refractivity contribution in [2.45, 2.75) is 86.4 Å². The Kier molecular flexibility index (Phi) is 14.4. The highest BCUT2D eigenvalue weighted by molar-refractivity contribution is 6.16. The summed E-state index contributed by atoms with van der Waals surface area (Å²) in [5.74, 6) is -5.55. The number of phenols is 1. The van der Waals surface area contributed by atoms with E-state index in [0.717, 1.165) is 13.1 Å². The van der Waals surface area contributed by atoms with E-state index in [2.05, 4.69) is 10.2 Å². The Bertz CT molecular complexity index is 2850. The van der Waals surface area contributed by atoms with Crippen LogP contribution in [0.5, 0.6) is 17.2 Å². The summed E-state index contributed by atoms with van der Waals surface area (Å²) in [5.41, 5.74) is -2.24. The molecule has 1 saturated heterocycles. The second-order valence-electron chi connectivity index (χ2n) is 18.2. The lowest BCUT2D eigenvalue weighted by molar-refractivity contribution is -0.157. The van der Waals surface area contributed by atoms with Crippen LogP contribution >= 0.6 is 0 Å². The maximum Gasteiger partial charge on any atom is 0.307 e. The van der Waals surface area contributed by atoms with E-state index in [1.54, 1.807) is 18.2 Å². The van der Waals surface area contributed by atoms with Crippen LogP contribution in [0, 0.1) is 36.5 Å². The standard InChI is InChI=1S/C50H61N3O14/c1-24-12-11-13-25(2)49(60)52-41-44(58)37-36(40-47(41)66-35-23-32(22-33(55)39(35)51-40)63-21-17-53-15-19-62-20-16-53)38-46(30(7)43(37)57)67-50(9,48(38)59)64-18-14-34(61-10)29(6)45(65-31(8)54)28(5)26(3)27(4)42(24)56/h11-14,18,22-24,26-29,34,42,45,56-57,59H,15-17,19-21H2,1-10H3,(H,52,60)/b12-11+,18-14+,25-13-/t24-,26+,27-,28+,29+,34-,42-,45-,50-/m0/s1. The number of rotatable bonds is 6. The Balaban J connectivity index is 1.43. The molecule has 0 spiro atoms.